The van der Waals surface area contributed by atoms with Crippen molar-refractivity contribution in [3.63, 3.8) is 0 Å². The van der Waals surface area contributed by atoms with Crippen molar-refractivity contribution in [3.05, 3.63) is 24.3 Å². The molecule has 0 unspecified atom stereocenters. The summed E-state index contributed by atoms with van der Waals surface area (Å²) in [5, 5.41) is 5.93. The Morgan fingerprint density at radius 3 is 2.29 bits per heavy atom. The molecule has 0 atom stereocenters. The first-order chi connectivity index (χ1) is 9.96. The van der Waals surface area contributed by atoms with Crippen LogP contribution >= 0.6 is 0 Å². The SMILES string of the molecule is CC(C)(C)NC(=O)Nc1ccccc1N1CCCCCC1. The van der Waals surface area contributed by atoms with Crippen LogP contribution in [0.2, 0.25) is 0 Å². The molecule has 0 aromatic heterocycles. The molecule has 0 bridgehead atoms. The minimum absolute atomic E-state index is 0.148. The van der Waals surface area contributed by atoms with Gasteiger partial charge in [0.2, 0.25) is 0 Å². The Hall–Kier alpha value is -1.71. The number of hydrogen-bond acceptors (Lipinski definition) is 2. The van der Waals surface area contributed by atoms with Gasteiger partial charge in [0.25, 0.3) is 0 Å². The van der Waals surface area contributed by atoms with Crippen LogP contribution in [-0.2, 0) is 0 Å². The van der Waals surface area contributed by atoms with E-state index < -0.39 is 0 Å². The van der Waals surface area contributed by atoms with Crippen LogP contribution in [-0.4, -0.2) is 24.7 Å². The maximum atomic E-state index is 12.1. The third-order valence-corrected chi connectivity index (χ3v) is 3.59. The molecule has 2 amide bonds. The molecule has 1 aliphatic heterocycles. The Kier molecular flexibility index (Phi) is 5.10. The quantitative estimate of drug-likeness (QED) is 0.864. The van der Waals surface area contributed by atoms with Gasteiger partial charge >= 0.3 is 6.03 Å². The number of urea groups is 1. The minimum atomic E-state index is -0.234. The van der Waals surface area contributed by atoms with Crippen LogP contribution in [0.5, 0.6) is 0 Å². The maximum absolute atomic E-state index is 12.1. The van der Waals surface area contributed by atoms with E-state index in [4.69, 9.17) is 0 Å². The van der Waals surface area contributed by atoms with Gasteiger partial charge in [0.05, 0.1) is 11.4 Å². The van der Waals surface area contributed by atoms with Crippen molar-refractivity contribution >= 4 is 17.4 Å². The first-order valence-corrected chi connectivity index (χ1v) is 7.89. The molecule has 2 rings (SSSR count). The van der Waals surface area contributed by atoms with Crippen molar-refractivity contribution in [2.45, 2.75) is 52.0 Å². The molecule has 1 aliphatic rings. The van der Waals surface area contributed by atoms with E-state index in [-0.39, 0.29) is 11.6 Å². The average molecular weight is 289 g/mol. The fourth-order valence-electron chi connectivity index (χ4n) is 2.66. The first-order valence-electron chi connectivity index (χ1n) is 7.89. The molecule has 1 fully saturated rings. The van der Waals surface area contributed by atoms with Crippen molar-refractivity contribution in [1.82, 2.24) is 5.32 Å². The van der Waals surface area contributed by atoms with E-state index in [2.05, 4.69) is 21.6 Å². The van der Waals surface area contributed by atoms with Gasteiger partial charge in [0, 0.05) is 18.6 Å². The molecule has 1 heterocycles. The van der Waals surface area contributed by atoms with E-state index in [1.54, 1.807) is 0 Å². The van der Waals surface area contributed by atoms with E-state index in [1.165, 1.54) is 25.7 Å². The zero-order chi connectivity index (χ0) is 15.3. The molecule has 1 aromatic rings. The van der Waals surface area contributed by atoms with Gasteiger partial charge in [-0.1, -0.05) is 25.0 Å². The van der Waals surface area contributed by atoms with Crippen molar-refractivity contribution < 1.29 is 4.79 Å². The van der Waals surface area contributed by atoms with Crippen LogP contribution in [0.15, 0.2) is 24.3 Å². The smallest absolute Gasteiger partial charge is 0.319 e. The molecule has 4 nitrogen and oxygen atoms in total. The Morgan fingerprint density at radius 2 is 1.67 bits per heavy atom. The summed E-state index contributed by atoms with van der Waals surface area (Å²) < 4.78 is 0. The van der Waals surface area contributed by atoms with Crippen LogP contribution in [0.1, 0.15) is 46.5 Å². The molecule has 0 spiro atoms. The maximum Gasteiger partial charge on any atom is 0.319 e. The lowest BCUT2D eigenvalue weighted by Crippen LogP contribution is -2.43. The van der Waals surface area contributed by atoms with Crippen molar-refractivity contribution in [1.29, 1.82) is 0 Å². The predicted octanol–water partition coefficient (Wildman–Crippen LogP) is 3.99. The second-order valence-corrected chi connectivity index (χ2v) is 6.75. The fraction of sp³-hybridized carbons (Fsp3) is 0.588. The van der Waals surface area contributed by atoms with Crippen LogP contribution in [0.25, 0.3) is 0 Å². The number of anilines is 2. The fourth-order valence-corrected chi connectivity index (χ4v) is 2.66. The average Bonchev–Trinajstić information content (AvgIpc) is 2.66. The summed E-state index contributed by atoms with van der Waals surface area (Å²) in [6.07, 6.45) is 5.05. The van der Waals surface area contributed by atoms with E-state index in [1.807, 2.05) is 39.0 Å². The summed E-state index contributed by atoms with van der Waals surface area (Å²) in [5.74, 6) is 0. The number of carbonyl (C=O) groups excluding carboxylic acids is 1. The Balaban J connectivity index is 2.11. The second kappa shape index (κ2) is 6.83. The predicted molar refractivity (Wildman–Crippen MR) is 89.0 cm³/mol. The summed E-state index contributed by atoms with van der Waals surface area (Å²) in [4.78, 5) is 14.5. The minimum Gasteiger partial charge on any atom is -0.370 e. The van der Waals surface area contributed by atoms with E-state index in [0.29, 0.717) is 0 Å². The van der Waals surface area contributed by atoms with Crippen molar-refractivity contribution in [2.24, 2.45) is 0 Å². The number of nitrogens with zero attached hydrogens (tertiary/aromatic N) is 1. The van der Waals surface area contributed by atoms with Crippen LogP contribution in [0.4, 0.5) is 16.2 Å². The standard InChI is InChI=1S/C17H27N3O/c1-17(2,3)19-16(21)18-14-10-6-7-11-15(14)20-12-8-4-5-9-13-20/h6-7,10-11H,4-5,8-9,12-13H2,1-3H3,(H2,18,19,21). The van der Waals surface area contributed by atoms with E-state index in [9.17, 15) is 4.79 Å². The summed E-state index contributed by atoms with van der Waals surface area (Å²) in [5.41, 5.74) is 1.78. The molecule has 0 aliphatic carbocycles. The number of amides is 2. The molecule has 0 radical (unpaired) electrons. The number of carbonyl (C=O) groups is 1. The highest BCUT2D eigenvalue weighted by Gasteiger charge is 2.17. The monoisotopic (exact) mass is 289 g/mol. The summed E-state index contributed by atoms with van der Waals surface area (Å²) >= 11 is 0. The van der Waals surface area contributed by atoms with Crippen molar-refractivity contribution in [3.8, 4) is 0 Å². The lowest BCUT2D eigenvalue weighted by atomic mass is 10.1. The number of para-hydroxylation sites is 2. The normalized spacial score (nSPS) is 16.2. The van der Waals surface area contributed by atoms with Gasteiger partial charge in [0.1, 0.15) is 0 Å². The van der Waals surface area contributed by atoms with Gasteiger partial charge < -0.3 is 15.5 Å². The molecule has 116 valence electrons. The van der Waals surface area contributed by atoms with Crippen molar-refractivity contribution in [2.75, 3.05) is 23.3 Å². The largest absolute Gasteiger partial charge is 0.370 e. The van der Waals surface area contributed by atoms with E-state index in [0.717, 1.165) is 24.5 Å². The van der Waals surface area contributed by atoms with Crippen LogP contribution in [0, 0.1) is 0 Å². The molecule has 1 aromatic carbocycles. The molecule has 1 saturated heterocycles. The Bertz CT molecular complexity index is 471. The zero-order valence-electron chi connectivity index (χ0n) is 13.4. The highest BCUT2D eigenvalue weighted by atomic mass is 16.2. The number of rotatable bonds is 2. The molecule has 21 heavy (non-hydrogen) atoms. The Morgan fingerprint density at radius 1 is 1.05 bits per heavy atom. The lowest BCUT2D eigenvalue weighted by Gasteiger charge is -2.26. The van der Waals surface area contributed by atoms with E-state index >= 15 is 0 Å². The number of hydrogen-bond donors (Lipinski definition) is 2. The molecular weight excluding hydrogens is 262 g/mol. The summed E-state index contributed by atoms with van der Waals surface area (Å²) in [7, 11) is 0. The van der Waals surface area contributed by atoms with Gasteiger partial charge in [-0.2, -0.15) is 0 Å². The van der Waals surface area contributed by atoms with Gasteiger partial charge in [-0.15, -0.1) is 0 Å². The van der Waals surface area contributed by atoms with Gasteiger partial charge in [-0.25, -0.2) is 4.79 Å². The molecular formula is C17H27N3O. The molecule has 0 saturated carbocycles. The van der Waals surface area contributed by atoms with Gasteiger partial charge in [-0.3, -0.25) is 0 Å². The second-order valence-electron chi connectivity index (χ2n) is 6.75. The summed E-state index contributed by atoms with van der Waals surface area (Å²) in [6.45, 7) is 8.08. The topological polar surface area (TPSA) is 44.4 Å². The summed E-state index contributed by atoms with van der Waals surface area (Å²) in [6, 6.07) is 7.92. The van der Waals surface area contributed by atoms with Crippen LogP contribution < -0.4 is 15.5 Å². The number of benzene rings is 1. The molecule has 2 N–H and O–H groups in total. The third kappa shape index (κ3) is 4.96. The first kappa shape index (κ1) is 15.7. The van der Waals surface area contributed by atoms with Gasteiger partial charge in [0.15, 0.2) is 0 Å². The lowest BCUT2D eigenvalue weighted by molar-refractivity contribution is 0.244. The zero-order valence-corrected chi connectivity index (χ0v) is 13.4. The van der Waals surface area contributed by atoms with Crippen LogP contribution in [0.3, 0.4) is 0 Å². The highest BCUT2D eigenvalue weighted by Crippen LogP contribution is 2.27. The molecule has 4 heteroatoms. The highest BCUT2D eigenvalue weighted by molar-refractivity contribution is 5.93. The Labute approximate surface area is 127 Å². The third-order valence-electron chi connectivity index (χ3n) is 3.59. The number of nitrogens with one attached hydrogen (secondary N) is 2. The van der Waals surface area contributed by atoms with Gasteiger partial charge in [-0.05, 0) is 45.7 Å².